The summed E-state index contributed by atoms with van der Waals surface area (Å²) >= 11 is 10.6. The second-order valence-electron chi connectivity index (χ2n) is 4.00. The van der Waals surface area contributed by atoms with Crippen molar-refractivity contribution in [2.24, 2.45) is 10.7 Å². The lowest BCUT2D eigenvalue weighted by Crippen LogP contribution is -2.21. The van der Waals surface area contributed by atoms with Gasteiger partial charge in [0.25, 0.3) is 0 Å². The molecule has 1 aromatic carbocycles. The molecule has 0 aromatic heterocycles. The molecule has 0 bridgehead atoms. The van der Waals surface area contributed by atoms with E-state index >= 15 is 0 Å². The summed E-state index contributed by atoms with van der Waals surface area (Å²) in [5, 5.41) is 2.86. The van der Waals surface area contributed by atoms with Gasteiger partial charge in [0.05, 0.1) is 16.8 Å². The number of thiocarbonyl (C=S) groups is 1. The quantitative estimate of drug-likeness (QED) is 0.637. The molecule has 96 valence electrons. The van der Waals surface area contributed by atoms with Crippen LogP contribution in [0.3, 0.4) is 0 Å². The maximum absolute atomic E-state index is 11.6. The molecular weight excluding hydrogens is 268 g/mol. The molecule has 0 radical (unpaired) electrons. The van der Waals surface area contributed by atoms with Crippen LogP contribution in [0.4, 0.5) is 5.69 Å². The highest BCUT2D eigenvalue weighted by Gasteiger charge is 2.20. The molecule has 0 saturated heterocycles. The first-order chi connectivity index (χ1) is 8.60. The Morgan fingerprint density at radius 2 is 2.33 bits per heavy atom. The Morgan fingerprint density at radius 1 is 1.61 bits per heavy atom. The number of hydrogen-bond acceptors (Lipinski definition) is 3. The van der Waals surface area contributed by atoms with Gasteiger partial charge in [-0.25, -0.2) is 0 Å². The molecule has 0 aliphatic carbocycles. The van der Waals surface area contributed by atoms with Crippen molar-refractivity contribution in [3.8, 4) is 0 Å². The largest absolute Gasteiger partial charge is 0.369 e. The molecule has 0 aliphatic rings. The van der Waals surface area contributed by atoms with Gasteiger partial charge in [0.2, 0.25) is 5.91 Å². The van der Waals surface area contributed by atoms with Crippen LogP contribution in [0.1, 0.15) is 37.7 Å². The minimum Gasteiger partial charge on any atom is -0.369 e. The number of primary amides is 1. The fourth-order valence-corrected chi connectivity index (χ4v) is 2.09. The van der Waals surface area contributed by atoms with Crippen LogP contribution >= 0.6 is 23.8 Å². The number of hydrogen-bond donors (Lipinski definition) is 1. The Kier molecular flexibility index (Phi) is 5.99. The second-order valence-corrected chi connectivity index (χ2v) is 4.62. The number of aliphatic imine (C=N–C) groups is 1. The average Bonchev–Trinajstić information content (AvgIpc) is 2.32. The minimum absolute atomic E-state index is 0.369. The van der Waals surface area contributed by atoms with E-state index < -0.39 is 0 Å². The number of carbonyl (C=O) groups excluding carboxylic acids is 1. The van der Waals surface area contributed by atoms with E-state index in [0.717, 1.165) is 18.4 Å². The zero-order valence-electron chi connectivity index (χ0n) is 10.1. The lowest BCUT2D eigenvalue weighted by atomic mass is 9.91. The van der Waals surface area contributed by atoms with Crippen LogP contribution in [0.2, 0.25) is 5.02 Å². The first-order valence-corrected chi connectivity index (χ1v) is 6.55. The molecule has 0 saturated carbocycles. The number of nitrogens with zero attached hydrogens (tertiary/aromatic N) is 1. The highest BCUT2D eigenvalue weighted by Crippen LogP contribution is 2.32. The maximum atomic E-state index is 11.6. The van der Waals surface area contributed by atoms with E-state index in [1.54, 1.807) is 18.2 Å². The van der Waals surface area contributed by atoms with Gasteiger partial charge in [-0.1, -0.05) is 31.4 Å². The number of benzene rings is 1. The monoisotopic (exact) mass is 282 g/mol. The zero-order chi connectivity index (χ0) is 13.5. The van der Waals surface area contributed by atoms with Crippen LogP contribution in [-0.4, -0.2) is 11.1 Å². The standard InChI is InChI=1S/C13H15ClN2OS/c1-2-3-4-10(13(15)17)11-7-9(14)5-6-12(11)16-8-18/h5-7,10H,2-4H2,1H3,(H2,15,17). The van der Waals surface area contributed by atoms with Crippen LogP contribution in [0.15, 0.2) is 23.2 Å². The zero-order valence-corrected chi connectivity index (χ0v) is 11.7. The average molecular weight is 283 g/mol. The number of rotatable bonds is 6. The van der Waals surface area contributed by atoms with E-state index in [9.17, 15) is 4.79 Å². The van der Waals surface area contributed by atoms with E-state index in [1.165, 1.54) is 0 Å². The molecule has 1 rings (SSSR count). The normalized spacial score (nSPS) is 11.7. The number of carbonyl (C=O) groups is 1. The third kappa shape index (κ3) is 3.91. The molecule has 1 aromatic rings. The molecule has 5 heteroatoms. The van der Waals surface area contributed by atoms with Gasteiger partial charge in [-0.05, 0) is 42.4 Å². The molecule has 0 spiro atoms. The lowest BCUT2D eigenvalue weighted by molar-refractivity contribution is -0.119. The molecule has 1 atom stereocenters. The molecule has 0 aliphatic heterocycles. The van der Waals surface area contributed by atoms with Crippen LogP contribution in [-0.2, 0) is 4.79 Å². The van der Waals surface area contributed by atoms with Crippen LogP contribution in [0, 0.1) is 0 Å². The predicted molar refractivity (Wildman–Crippen MR) is 77.6 cm³/mol. The maximum Gasteiger partial charge on any atom is 0.225 e. The van der Waals surface area contributed by atoms with Gasteiger partial charge in [-0.15, -0.1) is 0 Å². The smallest absolute Gasteiger partial charge is 0.225 e. The number of nitrogens with two attached hydrogens (primary N) is 1. The molecule has 18 heavy (non-hydrogen) atoms. The fraction of sp³-hybridized carbons (Fsp3) is 0.385. The molecule has 0 fully saturated rings. The Morgan fingerprint density at radius 3 is 2.89 bits per heavy atom. The third-order valence-corrected chi connectivity index (χ3v) is 3.05. The van der Waals surface area contributed by atoms with Crippen LogP contribution in [0.5, 0.6) is 0 Å². The molecule has 1 amide bonds. The van der Waals surface area contributed by atoms with Gasteiger partial charge in [0, 0.05) is 5.02 Å². The second kappa shape index (κ2) is 7.27. The summed E-state index contributed by atoms with van der Waals surface area (Å²) in [6.45, 7) is 2.06. The summed E-state index contributed by atoms with van der Waals surface area (Å²) in [5.74, 6) is -0.753. The minimum atomic E-state index is -0.384. The van der Waals surface area contributed by atoms with Crippen molar-refractivity contribution in [2.75, 3.05) is 0 Å². The van der Waals surface area contributed by atoms with Gasteiger partial charge < -0.3 is 5.73 Å². The fourth-order valence-electron chi connectivity index (χ4n) is 1.81. The summed E-state index contributed by atoms with van der Waals surface area (Å²) in [5.41, 5.74) is 6.78. The Bertz CT molecular complexity index is 484. The van der Waals surface area contributed by atoms with E-state index in [-0.39, 0.29) is 11.8 Å². The van der Waals surface area contributed by atoms with Gasteiger partial charge in [-0.2, -0.15) is 4.99 Å². The summed E-state index contributed by atoms with van der Waals surface area (Å²) in [7, 11) is 0. The van der Waals surface area contributed by atoms with Crippen LogP contribution in [0.25, 0.3) is 0 Å². The van der Waals surface area contributed by atoms with Crippen molar-refractivity contribution in [1.29, 1.82) is 0 Å². The van der Waals surface area contributed by atoms with E-state index in [4.69, 9.17) is 17.3 Å². The van der Waals surface area contributed by atoms with Crippen LogP contribution < -0.4 is 5.73 Å². The van der Waals surface area contributed by atoms with Gasteiger partial charge >= 0.3 is 0 Å². The molecular formula is C13H15ClN2OS. The Labute approximate surface area is 117 Å². The lowest BCUT2D eigenvalue weighted by Gasteiger charge is -2.15. The SMILES string of the molecule is CCCCC(C(N)=O)c1cc(Cl)ccc1N=C=S. The molecule has 0 heterocycles. The van der Waals surface area contributed by atoms with E-state index in [1.807, 2.05) is 0 Å². The summed E-state index contributed by atoms with van der Waals surface area (Å²) < 4.78 is 0. The number of isothiocyanates is 1. The number of halogens is 1. The topological polar surface area (TPSA) is 55.5 Å². The van der Waals surface area contributed by atoms with Crippen molar-refractivity contribution >= 4 is 40.6 Å². The van der Waals surface area contributed by atoms with Gasteiger partial charge in [-0.3, -0.25) is 4.79 Å². The van der Waals surface area contributed by atoms with Crippen molar-refractivity contribution in [3.63, 3.8) is 0 Å². The first-order valence-electron chi connectivity index (χ1n) is 5.76. The highest BCUT2D eigenvalue weighted by molar-refractivity contribution is 7.78. The first kappa shape index (κ1) is 14.8. The third-order valence-electron chi connectivity index (χ3n) is 2.72. The van der Waals surface area contributed by atoms with E-state index in [2.05, 4.69) is 29.3 Å². The van der Waals surface area contributed by atoms with Crippen molar-refractivity contribution in [3.05, 3.63) is 28.8 Å². The highest BCUT2D eigenvalue weighted by atomic mass is 35.5. The van der Waals surface area contributed by atoms with Crippen molar-refractivity contribution < 1.29 is 4.79 Å². The van der Waals surface area contributed by atoms with Gasteiger partial charge in [0.15, 0.2) is 0 Å². The molecule has 1 unspecified atom stereocenters. The molecule has 2 N–H and O–H groups in total. The molecule has 3 nitrogen and oxygen atoms in total. The van der Waals surface area contributed by atoms with Crippen molar-refractivity contribution in [1.82, 2.24) is 0 Å². The summed E-state index contributed by atoms with van der Waals surface area (Å²) in [4.78, 5) is 15.5. The Hall–Kier alpha value is -1.22. The summed E-state index contributed by atoms with van der Waals surface area (Å²) in [6, 6.07) is 5.14. The van der Waals surface area contributed by atoms with Gasteiger partial charge in [0.1, 0.15) is 0 Å². The summed E-state index contributed by atoms with van der Waals surface area (Å²) in [6.07, 6.45) is 2.60. The van der Waals surface area contributed by atoms with Crippen molar-refractivity contribution in [2.45, 2.75) is 32.1 Å². The number of unbranched alkanes of at least 4 members (excludes halogenated alkanes) is 1. The van der Waals surface area contributed by atoms with E-state index in [0.29, 0.717) is 17.1 Å². The predicted octanol–water partition coefficient (Wildman–Crippen LogP) is 3.83. The Balaban J connectivity index is 3.20. The number of amides is 1.